The molecule has 0 aliphatic heterocycles. The zero-order valence-electron chi connectivity index (χ0n) is 14.2. The van der Waals surface area contributed by atoms with Crippen molar-refractivity contribution in [1.82, 2.24) is 0 Å². The lowest BCUT2D eigenvalue weighted by Gasteiger charge is -2.12. The summed E-state index contributed by atoms with van der Waals surface area (Å²) in [4.78, 5) is 24.1. The fraction of sp³-hybridized carbons (Fsp3) is 0.222. The fourth-order valence-electron chi connectivity index (χ4n) is 2.43. The van der Waals surface area contributed by atoms with Crippen LogP contribution in [-0.4, -0.2) is 38.2 Å². The number of ketones is 1. The highest BCUT2D eigenvalue weighted by molar-refractivity contribution is 6.01. The Labute approximate surface area is 144 Å². The van der Waals surface area contributed by atoms with Gasteiger partial charge < -0.3 is 25.1 Å². The Kier molecular flexibility index (Phi) is 5.49. The molecule has 7 nitrogen and oxygen atoms in total. The Hall–Kier alpha value is -3.22. The zero-order valence-corrected chi connectivity index (χ0v) is 14.2. The van der Waals surface area contributed by atoms with Crippen LogP contribution in [0.1, 0.15) is 26.3 Å². The summed E-state index contributed by atoms with van der Waals surface area (Å²) >= 11 is 0. The first-order valence-corrected chi connectivity index (χ1v) is 7.36. The molecule has 0 aliphatic carbocycles. The smallest absolute Gasteiger partial charge is 0.337 e. The highest BCUT2D eigenvalue weighted by Crippen LogP contribution is 2.36. The molecule has 2 rings (SSSR count). The molecule has 0 aliphatic rings. The lowest BCUT2D eigenvalue weighted by atomic mass is 9.99. The average molecular weight is 345 g/mol. The van der Waals surface area contributed by atoms with Gasteiger partial charge in [0.15, 0.2) is 17.3 Å². The molecule has 2 aromatic rings. The molecule has 0 saturated carbocycles. The van der Waals surface area contributed by atoms with Crippen LogP contribution < -0.4 is 15.2 Å². The minimum absolute atomic E-state index is 0.0365. The highest BCUT2D eigenvalue weighted by Gasteiger charge is 2.19. The van der Waals surface area contributed by atoms with E-state index in [0.717, 1.165) is 0 Å². The van der Waals surface area contributed by atoms with Gasteiger partial charge in [-0.3, -0.25) is 4.79 Å². The van der Waals surface area contributed by atoms with Crippen LogP contribution in [0.3, 0.4) is 0 Å². The summed E-state index contributed by atoms with van der Waals surface area (Å²) in [6, 6.07) is 7.57. The van der Waals surface area contributed by atoms with Gasteiger partial charge in [0.2, 0.25) is 0 Å². The molecular weight excluding hydrogens is 326 g/mol. The third-order valence-corrected chi connectivity index (χ3v) is 3.73. The maximum atomic E-state index is 12.6. The van der Waals surface area contributed by atoms with Crippen molar-refractivity contribution < 1.29 is 28.9 Å². The zero-order chi connectivity index (χ0) is 18.6. The molecule has 0 spiro atoms. The molecular formula is C18H19NO6. The highest BCUT2D eigenvalue weighted by atomic mass is 16.5. The van der Waals surface area contributed by atoms with E-state index in [1.165, 1.54) is 39.5 Å². The van der Waals surface area contributed by atoms with Crippen molar-refractivity contribution in [2.24, 2.45) is 0 Å². The number of Topliss-reactive ketones (excluding diaryl/α,β-unsaturated/α-hetero) is 1. The van der Waals surface area contributed by atoms with Crippen molar-refractivity contribution >= 4 is 17.4 Å². The van der Waals surface area contributed by atoms with E-state index in [1.54, 1.807) is 12.1 Å². The van der Waals surface area contributed by atoms with Crippen molar-refractivity contribution in [3.8, 4) is 17.2 Å². The third kappa shape index (κ3) is 3.65. The van der Waals surface area contributed by atoms with E-state index in [9.17, 15) is 14.7 Å². The number of phenols is 1. The van der Waals surface area contributed by atoms with E-state index >= 15 is 0 Å². The largest absolute Gasteiger partial charge is 0.504 e. The summed E-state index contributed by atoms with van der Waals surface area (Å²) in [5, 5.41) is 10.2. The van der Waals surface area contributed by atoms with Crippen LogP contribution in [0.5, 0.6) is 17.2 Å². The molecule has 132 valence electrons. The van der Waals surface area contributed by atoms with Crippen LogP contribution in [0.4, 0.5) is 5.69 Å². The third-order valence-electron chi connectivity index (χ3n) is 3.73. The number of nitrogens with two attached hydrogens (primary N) is 1. The van der Waals surface area contributed by atoms with Gasteiger partial charge in [0, 0.05) is 12.0 Å². The van der Waals surface area contributed by atoms with E-state index in [1.807, 2.05) is 0 Å². The first kappa shape index (κ1) is 18.1. The summed E-state index contributed by atoms with van der Waals surface area (Å²) in [5.74, 6) is -0.730. The van der Waals surface area contributed by atoms with Crippen LogP contribution in [0.2, 0.25) is 0 Å². The molecule has 2 aromatic carbocycles. The SMILES string of the molecule is COC(=O)c1ccc(CC(=O)c2ccc(N)c(OC)c2O)c(OC)c1. The van der Waals surface area contributed by atoms with E-state index in [0.29, 0.717) is 16.9 Å². The van der Waals surface area contributed by atoms with E-state index in [4.69, 9.17) is 15.2 Å². The lowest BCUT2D eigenvalue weighted by molar-refractivity contribution is 0.0600. The van der Waals surface area contributed by atoms with Gasteiger partial charge in [-0.25, -0.2) is 4.79 Å². The number of hydrogen-bond acceptors (Lipinski definition) is 7. The monoisotopic (exact) mass is 345 g/mol. The molecule has 0 fully saturated rings. The summed E-state index contributed by atoms with van der Waals surface area (Å²) in [6.45, 7) is 0. The lowest BCUT2D eigenvalue weighted by Crippen LogP contribution is -2.08. The second-order valence-corrected chi connectivity index (χ2v) is 5.20. The fourth-order valence-corrected chi connectivity index (χ4v) is 2.43. The van der Waals surface area contributed by atoms with Crippen LogP contribution in [-0.2, 0) is 11.2 Å². The topological polar surface area (TPSA) is 108 Å². The molecule has 0 saturated heterocycles. The van der Waals surface area contributed by atoms with E-state index < -0.39 is 5.97 Å². The first-order valence-electron chi connectivity index (χ1n) is 7.36. The summed E-state index contributed by atoms with van der Waals surface area (Å²) < 4.78 is 14.9. The maximum Gasteiger partial charge on any atom is 0.337 e. The number of methoxy groups -OCH3 is 3. The Morgan fingerprint density at radius 3 is 2.40 bits per heavy atom. The molecule has 0 amide bonds. The Bertz CT molecular complexity index is 815. The van der Waals surface area contributed by atoms with Gasteiger partial charge in [0.05, 0.1) is 38.1 Å². The Balaban J connectivity index is 2.34. The standard InChI is InChI=1S/C18H19NO6/c1-23-15-9-11(18(22)25-3)5-4-10(15)8-14(20)12-6-7-13(19)17(24-2)16(12)21/h4-7,9,21H,8,19H2,1-3H3. The molecule has 25 heavy (non-hydrogen) atoms. The number of carbonyl (C=O) groups is 2. The molecule has 0 heterocycles. The number of ether oxygens (including phenoxy) is 3. The van der Waals surface area contributed by atoms with Crippen molar-refractivity contribution in [3.63, 3.8) is 0 Å². The summed E-state index contributed by atoms with van der Waals surface area (Å²) in [7, 11) is 4.08. The minimum atomic E-state index is -0.503. The number of benzene rings is 2. The number of hydrogen-bond donors (Lipinski definition) is 2. The maximum absolute atomic E-state index is 12.6. The van der Waals surface area contributed by atoms with E-state index in [2.05, 4.69) is 4.74 Å². The number of aromatic hydroxyl groups is 1. The molecule has 0 bridgehead atoms. The molecule has 3 N–H and O–H groups in total. The molecule has 0 atom stereocenters. The molecule has 0 radical (unpaired) electrons. The predicted molar refractivity (Wildman–Crippen MR) is 91.4 cm³/mol. The number of carbonyl (C=O) groups excluding carboxylic acids is 2. The normalized spacial score (nSPS) is 10.2. The van der Waals surface area contributed by atoms with Crippen LogP contribution >= 0.6 is 0 Å². The van der Waals surface area contributed by atoms with Crippen molar-refractivity contribution in [2.45, 2.75) is 6.42 Å². The van der Waals surface area contributed by atoms with Gasteiger partial charge in [-0.2, -0.15) is 0 Å². The van der Waals surface area contributed by atoms with Gasteiger partial charge in [-0.1, -0.05) is 6.07 Å². The summed E-state index contributed by atoms with van der Waals surface area (Å²) in [5.41, 5.74) is 6.90. The first-order chi connectivity index (χ1) is 11.9. The van der Waals surface area contributed by atoms with Gasteiger partial charge in [0.1, 0.15) is 5.75 Å². The van der Waals surface area contributed by atoms with E-state index in [-0.39, 0.29) is 35.0 Å². The number of esters is 1. The predicted octanol–water partition coefficient (Wildman–Crippen LogP) is 2.20. The van der Waals surface area contributed by atoms with Crippen LogP contribution in [0.25, 0.3) is 0 Å². The van der Waals surface area contributed by atoms with Gasteiger partial charge >= 0.3 is 5.97 Å². The average Bonchev–Trinajstić information content (AvgIpc) is 2.61. The van der Waals surface area contributed by atoms with Gasteiger partial charge in [-0.15, -0.1) is 0 Å². The Morgan fingerprint density at radius 2 is 1.80 bits per heavy atom. The molecule has 7 heteroatoms. The van der Waals surface area contributed by atoms with Gasteiger partial charge in [-0.05, 0) is 24.3 Å². The van der Waals surface area contributed by atoms with Crippen LogP contribution in [0.15, 0.2) is 30.3 Å². The Morgan fingerprint density at radius 1 is 1.08 bits per heavy atom. The number of phenolic OH excluding ortho intramolecular Hbond substituents is 1. The van der Waals surface area contributed by atoms with Crippen molar-refractivity contribution in [1.29, 1.82) is 0 Å². The van der Waals surface area contributed by atoms with Gasteiger partial charge in [0.25, 0.3) is 0 Å². The molecule has 0 aromatic heterocycles. The quantitative estimate of drug-likeness (QED) is 0.469. The van der Waals surface area contributed by atoms with Crippen LogP contribution in [0, 0.1) is 0 Å². The minimum Gasteiger partial charge on any atom is -0.504 e. The number of anilines is 1. The number of nitrogen functional groups attached to an aromatic ring is 1. The van der Waals surface area contributed by atoms with Crippen molar-refractivity contribution in [2.75, 3.05) is 27.1 Å². The van der Waals surface area contributed by atoms with Crippen molar-refractivity contribution in [3.05, 3.63) is 47.0 Å². The number of rotatable bonds is 6. The summed E-state index contributed by atoms with van der Waals surface area (Å²) in [6.07, 6.45) is -0.0365. The second kappa shape index (κ2) is 7.57. The second-order valence-electron chi connectivity index (χ2n) is 5.20. The molecule has 0 unspecified atom stereocenters.